The molecule has 0 atom stereocenters. The Labute approximate surface area is 115 Å². The van der Waals surface area contributed by atoms with Gasteiger partial charge in [-0.05, 0) is 23.8 Å². The Bertz CT molecular complexity index is 796. The molecule has 4 rings (SSSR count). The van der Waals surface area contributed by atoms with Crippen LogP contribution in [0.25, 0.3) is 17.2 Å². The van der Waals surface area contributed by atoms with Crippen molar-refractivity contribution in [1.82, 2.24) is 5.01 Å². The number of rotatable bonds is 2. The van der Waals surface area contributed by atoms with Crippen LogP contribution in [0.1, 0.15) is 5.56 Å². The van der Waals surface area contributed by atoms with E-state index in [0.29, 0.717) is 6.54 Å². The highest BCUT2D eigenvalue weighted by Crippen LogP contribution is 2.30. The van der Waals surface area contributed by atoms with Gasteiger partial charge in [-0.1, -0.05) is 12.1 Å². The van der Waals surface area contributed by atoms with Gasteiger partial charge in [-0.3, -0.25) is 10.4 Å². The third kappa shape index (κ3) is 1.60. The van der Waals surface area contributed by atoms with Gasteiger partial charge in [0.25, 0.3) is 0 Å². The van der Waals surface area contributed by atoms with E-state index >= 15 is 0 Å². The van der Waals surface area contributed by atoms with Crippen LogP contribution < -0.4 is 16.0 Å². The van der Waals surface area contributed by atoms with E-state index < -0.39 is 0 Å². The van der Waals surface area contributed by atoms with Crippen LogP contribution in [0, 0.1) is 0 Å². The van der Waals surface area contributed by atoms with Gasteiger partial charge in [0, 0.05) is 22.6 Å². The number of nitrogens with one attached hydrogen (secondary N) is 1. The molecule has 20 heavy (non-hydrogen) atoms. The molecular weight excluding hydrogens is 252 g/mol. The summed E-state index contributed by atoms with van der Waals surface area (Å²) in [5.74, 6) is 0. The average Bonchev–Trinajstić information content (AvgIpc) is 2.82. The quantitative estimate of drug-likeness (QED) is 0.823. The number of β-amino-alcohol motifs (C(OH)–C–C–N with tert-alkyl or cyclic N) is 1. The van der Waals surface area contributed by atoms with Crippen molar-refractivity contribution in [3.8, 4) is 11.1 Å². The lowest BCUT2D eigenvalue weighted by atomic mass is 10.0. The number of hydrogen-bond donors (Lipinski definition) is 2. The Hall–Kier alpha value is -2.40. The highest BCUT2D eigenvalue weighted by Gasteiger charge is 2.20. The van der Waals surface area contributed by atoms with Crippen molar-refractivity contribution in [3.63, 3.8) is 0 Å². The van der Waals surface area contributed by atoms with Gasteiger partial charge in [0.15, 0.2) is 0 Å². The Morgan fingerprint density at radius 3 is 3.10 bits per heavy atom. The second kappa shape index (κ2) is 4.31. The SMILES string of the molecule is OCCN1Cc2ccc3c(c4ccc(c2-4)=N1)NN=CC=3. The van der Waals surface area contributed by atoms with Crippen LogP contribution in [0.2, 0.25) is 0 Å². The summed E-state index contributed by atoms with van der Waals surface area (Å²) < 4.78 is 0. The van der Waals surface area contributed by atoms with E-state index in [4.69, 9.17) is 5.11 Å². The smallest absolute Gasteiger partial charge is 0.0914 e. The molecule has 0 aromatic rings. The predicted octanol–water partition coefficient (Wildman–Crippen LogP) is 0.326. The first-order valence-electron chi connectivity index (χ1n) is 6.65. The summed E-state index contributed by atoms with van der Waals surface area (Å²) in [6.45, 7) is 1.39. The molecule has 0 spiro atoms. The van der Waals surface area contributed by atoms with Gasteiger partial charge in [-0.2, -0.15) is 10.2 Å². The minimum Gasteiger partial charge on any atom is -0.394 e. The van der Waals surface area contributed by atoms with Crippen LogP contribution in [0.5, 0.6) is 0 Å². The molecular formula is C15H14N4O. The van der Waals surface area contributed by atoms with Crippen molar-refractivity contribution in [1.29, 1.82) is 0 Å². The molecule has 0 unspecified atom stereocenters. The Morgan fingerprint density at radius 2 is 2.20 bits per heavy atom. The van der Waals surface area contributed by atoms with Gasteiger partial charge in [0.05, 0.1) is 30.7 Å². The fourth-order valence-electron chi connectivity index (χ4n) is 2.85. The number of aliphatic hydroxyl groups excluding tert-OH is 1. The molecule has 0 saturated carbocycles. The summed E-state index contributed by atoms with van der Waals surface area (Å²) in [7, 11) is 0. The van der Waals surface area contributed by atoms with Crippen molar-refractivity contribution >= 4 is 18.0 Å². The first-order valence-corrected chi connectivity index (χ1v) is 6.65. The topological polar surface area (TPSA) is 60.2 Å². The van der Waals surface area contributed by atoms with E-state index in [9.17, 15) is 0 Å². The number of nitrogens with zero attached hydrogens (tertiary/aromatic N) is 3. The molecule has 0 amide bonds. The van der Waals surface area contributed by atoms with Gasteiger partial charge >= 0.3 is 0 Å². The van der Waals surface area contributed by atoms with E-state index in [1.54, 1.807) is 6.21 Å². The lowest BCUT2D eigenvalue weighted by Crippen LogP contribution is -2.28. The van der Waals surface area contributed by atoms with E-state index in [1.807, 2.05) is 17.2 Å². The molecule has 0 fully saturated rings. The maximum atomic E-state index is 9.10. The third-order valence-corrected chi connectivity index (χ3v) is 3.74. The molecule has 0 saturated heterocycles. The standard InChI is InChI=1S/C15H14N4O/c20-8-7-19-9-11-2-1-10-5-6-16-17-15(10)12-3-4-13(18-19)14(11)12/h1-6,17,20H,7-9H2. The van der Waals surface area contributed by atoms with E-state index in [1.165, 1.54) is 11.1 Å². The van der Waals surface area contributed by atoms with Crippen LogP contribution in [0.15, 0.2) is 34.5 Å². The van der Waals surface area contributed by atoms with Gasteiger partial charge < -0.3 is 5.11 Å². The van der Waals surface area contributed by atoms with Gasteiger partial charge in [0.1, 0.15) is 0 Å². The average molecular weight is 266 g/mol. The van der Waals surface area contributed by atoms with Crippen molar-refractivity contribution in [2.75, 3.05) is 18.6 Å². The molecule has 2 aliphatic heterocycles. The van der Waals surface area contributed by atoms with Crippen LogP contribution in [0.3, 0.4) is 0 Å². The summed E-state index contributed by atoms with van der Waals surface area (Å²) >= 11 is 0. The lowest BCUT2D eigenvalue weighted by Gasteiger charge is -2.22. The fraction of sp³-hybridized carbons (Fsp3) is 0.200. The Morgan fingerprint density at radius 1 is 1.25 bits per heavy atom. The van der Waals surface area contributed by atoms with E-state index in [0.717, 1.165) is 28.4 Å². The fourth-order valence-corrected chi connectivity index (χ4v) is 2.85. The van der Waals surface area contributed by atoms with E-state index in [2.05, 4.69) is 33.8 Å². The van der Waals surface area contributed by atoms with Gasteiger partial charge in [-0.15, -0.1) is 0 Å². The zero-order valence-corrected chi connectivity index (χ0v) is 10.9. The molecule has 0 radical (unpaired) electrons. The molecule has 4 aliphatic rings. The highest BCUT2D eigenvalue weighted by molar-refractivity contribution is 5.96. The monoisotopic (exact) mass is 266 g/mol. The zero-order chi connectivity index (χ0) is 13.5. The first kappa shape index (κ1) is 11.4. The zero-order valence-electron chi connectivity index (χ0n) is 10.9. The predicted molar refractivity (Wildman–Crippen MR) is 77.9 cm³/mol. The van der Waals surface area contributed by atoms with Crippen LogP contribution in [-0.2, 0) is 6.54 Å². The van der Waals surface area contributed by atoms with Crippen LogP contribution in [-0.4, -0.2) is 29.5 Å². The number of aliphatic hydroxyl groups is 1. The Balaban J connectivity index is 1.99. The van der Waals surface area contributed by atoms with Crippen LogP contribution >= 0.6 is 0 Å². The van der Waals surface area contributed by atoms with Gasteiger partial charge in [0.2, 0.25) is 0 Å². The van der Waals surface area contributed by atoms with Crippen molar-refractivity contribution in [2.24, 2.45) is 10.2 Å². The lowest BCUT2D eigenvalue weighted by molar-refractivity contribution is 0.188. The summed E-state index contributed by atoms with van der Waals surface area (Å²) in [5, 5.41) is 21.8. The molecule has 2 aliphatic carbocycles. The normalized spacial score (nSPS) is 15.3. The maximum Gasteiger partial charge on any atom is 0.0914 e. The highest BCUT2D eigenvalue weighted by atomic mass is 16.3. The van der Waals surface area contributed by atoms with Crippen molar-refractivity contribution in [3.05, 3.63) is 40.4 Å². The van der Waals surface area contributed by atoms with Crippen molar-refractivity contribution in [2.45, 2.75) is 6.54 Å². The molecule has 5 heteroatoms. The number of anilines is 1. The molecule has 0 aromatic heterocycles. The molecule has 2 N–H and O–H groups in total. The summed E-state index contributed by atoms with van der Waals surface area (Å²) in [6.07, 6.45) is 3.77. The third-order valence-electron chi connectivity index (χ3n) is 3.74. The number of hydrazone groups is 1. The number of hydrogen-bond acceptors (Lipinski definition) is 5. The second-order valence-corrected chi connectivity index (χ2v) is 4.96. The molecule has 0 aromatic carbocycles. The van der Waals surface area contributed by atoms with Crippen molar-refractivity contribution < 1.29 is 5.11 Å². The number of fused-ring (bicyclic) bond motifs is 2. The molecule has 2 heterocycles. The molecule has 0 bridgehead atoms. The minimum absolute atomic E-state index is 0.112. The summed E-state index contributed by atoms with van der Waals surface area (Å²) in [5.41, 5.74) is 7.68. The first-order chi connectivity index (χ1) is 9.86. The summed E-state index contributed by atoms with van der Waals surface area (Å²) in [4.78, 5) is 0. The van der Waals surface area contributed by atoms with E-state index in [-0.39, 0.29) is 6.61 Å². The maximum absolute atomic E-state index is 9.10. The van der Waals surface area contributed by atoms with Crippen LogP contribution in [0.4, 0.5) is 5.69 Å². The minimum atomic E-state index is 0.112. The summed E-state index contributed by atoms with van der Waals surface area (Å²) in [6, 6.07) is 8.36. The van der Waals surface area contributed by atoms with Gasteiger partial charge in [-0.25, -0.2) is 0 Å². The molecule has 5 nitrogen and oxygen atoms in total. The largest absolute Gasteiger partial charge is 0.394 e. The second-order valence-electron chi connectivity index (χ2n) is 4.96. The molecule has 100 valence electrons. The Kier molecular flexibility index (Phi) is 2.47.